The van der Waals surface area contributed by atoms with Crippen molar-refractivity contribution >= 4 is 38.2 Å². The van der Waals surface area contributed by atoms with Crippen LogP contribution in [0.5, 0.6) is 0 Å². The second-order valence-electron chi connectivity index (χ2n) is 7.27. The predicted molar refractivity (Wildman–Crippen MR) is 117 cm³/mol. The lowest BCUT2D eigenvalue weighted by molar-refractivity contribution is -0.895. The van der Waals surface area contributed by atoms with Gasteiger partial charge in [0.1, 0.15) is 11.5 Å². The molecule has 1 aliphatic heterocycles. The van der Waals surface area contributed by atoms with Crippen LogP contribution in [0, 0.1) is 0 Å². The molecule has 0 aliphatic carbocycles. The van der Waals surface area contributed by atoms with Crippen molar-refractivity contribution in [1.82, 2.24) is 4.31 Å². The fourth-order valence-electron chi connectivity index (χ4n) is 3.64. The molecule has 2 aromatic rings. The largest absolute Gasteiger partial charge is 0.365 e. The highest BCUT2D eigenvalue weighted by atomic mass is 32.2. The lowest BCUT2D eigenvalue weighted by Crippen LogP contribution is -3.08. The number of hydrogen-bond acceptors (Lipinski definition) is 5. The zero-order valence-electron chi connectivity index (χ0n) is 17.3. The number of rotatable bonds is 7. The van der Waals surface area contributed by atoms with Crippen molar-refractivity contribution in [3.8, 4) is 0 Å². The molecule has 3 rings (SSSR count). The first-order valence-electron chi connectivity index (χ1n) is 9.86. The number of hydrogen-bond donors (Lipinski definition) is 3. The number of nitrogens with two attached hydrogens (primary N) is 1. The molecule has 0 saturated heterocycles. The lowest BCUT2D eigenvalue weighted by Gasteiger charge is -2.19. The van der Waals surface area contributed by atoms with E-state index >= 15 is 0 Å². The van der Waals surface area contributed by atoms with E-state index < -0.39 is 21.8 Å². The highest BCUT2D eigenvalue weighted by Crippen LogP contribution is 2.34. The molecule has 1 aromatic heterocycles. The summed E-state index contributed by atoms with van der Waals surface area (Å²) in [5.74, 6) is -0.966. The number of benzene rings is 1. The molecule has 2 heterocycles. The van der Waals surface area contributed by atoms with E-state index in [1.54, 1.807) is 13.8 Å². The minimum absolute atomic E-state index is 0.137. The number of carbonyl (C=O) groups is 2. The molecule has 1 unspecified atom stereocenters. The zero-order chi connectivity index (χ0) is 22.1. The molecule has 8 nitrogen and oxygen atoms in total. The highest BCUT2D eigenvalue weighted by molar-refractivity contribution is 7.89. The van der Waals surface area contributed by atoms with Gasteiger partial charge in [-0.05, 0) is 29.8 Å². The summed E-state index contributed by atoms with van der Waals surface area (Å²) in [6, 6.07) is 5.80. The number of primary amides is 1. The molecule has 1 aliphatic rings. The quantitative estimate of drug-likeness (QED) is 0.575. The molecule has 0 fully saturated rings. The van der Waals surface area contributed by atoms with Gasteiger partial charge in [0.2, 0.25) is 10.0 Å². The van der Waals surface area contributed by atoms with Crippen LogP contribution in [-0.4, -0.2) is 51.2 Å². The Hall–Kier alpha value is -2.27. The first-order chi connectivity index (χ1) is 14.2. The maximum Gasteiger partial charge on any atom is 0.256 e. The second-order valence-corrected chi connectivity index (χ2v) is 10.3. The van der Waals surface area contributed by atoms with Gasteiger partial charge < -0.3 is 16.0 Å². The van der Waals surface area contributed by atoms with Gasteiger partial charge in [-0.2, -0.15) is 4.31 Å². The Balaban J connectivity index is 1.85. The second kappa shape index (κ2) is 8.84. The number of nitrogens with zero attached hydrogens (tertiary/aromatic N) is 1. The van der Waals surface area contributed by atoms with Crippen molar-refractivity contribution in [1.29, 1.82) is 0 Å². The van der Waals surface area contributed by atoms with Gasteiger partial charge in [-0.15, -0.1) is 11.3 Å². The standard InChI is InChI=1S/C20H26N4O4S2/c1-4-24(5-2)30(27,28)14-8-6-13(7-9-14)19(26)22-20-17(18(21)25)15-10-11-23(3)12-16(15)29-20/h6-9H,4-5,10-12H2,1-3H3,(H2,21,25)(H,22,26)/p+1. The minimum atomic E-state index is -3.59. The van der Waals surface area contributed by atoms with Gasteiger partial charge in [-0.25, -0.2) is 8.42 Å². The van der Waals surface area contributed by atoms with Crippen LogP contribution in [0.15, 0.2) is 29.2 Å². The van der Waals surface area contributed by atoms with E-state index in [1.165, 1.54) is 44.8 Å². The average molecular weight is 452 g/mol. The molecule has 162 valence electrons. The van der Waals surface area contributed by atoms with Crippen molar-refractivity contribution in [3.05, 3.63) is 45.8 Å². The topological polar surface area (TPSA) is 114 Å². The van der Waals surface area contributed by atoms with Crippen LogP contribution in [0.25, 0.3) is 0 Å². The fraction of sp³-hybridized carbons (Fsp3) is 0.400. The highest BCUT2D eigenvalue weighted by Gasteiger charge is 2.28. The molecule has 1 aromatic carbocycles. The van der Waals surface area contributed by atoms with Crippen molar-refractivity contribution < 1.29 is 22.9 Å². The Labute approximate surface area is 180 Å². The Kier molecular flexibility index (Phi) is 6.61. The monoisotopic (exact) mass is 451 g/mol. The molecule has 0 saturated carbocycles. The molecule has 10 heteroatoms. The van der Waals surface area contributed by atoms with Gasteiger partial charge in [-0.1, -0.05) is 13.8 Å². The Morgan fingerprint density at radius 1 is 1.20 bits per heavy atom. The molecule has 0 radical (unpaired) electrons. The van der Waals surface area contributed by atoms with Crippen LogP contribution in [-0.2, 0) is 23.0 Å². The van der Waals surface area contributed by atoms with E-state index in [0.29, 0.717) is 29.2 Å². The number of thiophene rings is 1. The van der Waals surface area contributed by atoms with Gasteiger partial charge in [0.15, 0.2) is 0 Å². The summed E-state index contributed by atoms with van der Waals surface area (Å²) >= 11 is 1.38. The van der Waals surface area contributed by atoms with E-state index in [9.17, 15) is 18.0 Å². The number of anilines is 1. The van der Waals surface area contributed by atoms with E-state index in [0.717, 1.165) is 30.0 Å². The number of likely N-dealkylation sites (N-methyl/N-ethyl adjacent to an activating group) is 1. The Morgan fingerprint density at radius 2 is 1.83 bits per heavy atom. The summed E-state index contributed by atoms with van der Waals surface area (Å²) < 4.78 is 26.6. The molecule has 0 spiro atoms. The van der Waals surface area contributed by atoms with Gasteiger partial charge in [0.05, 0.1) is 28.9 Å². The van der Waals surface area contributed by atoms with Crippen molar-refractivity contribution in [2.24, 2.45) is 5.73 Å². The third-order valence-corrected chi connectivity index (χ3v) is 8.50. The fourth-order valence-corrected chi connectivity index (χ4v) is 6.46. The van der Waals surface area contributed by atoms with Crippen LogP contribution in [0.2, 0.25) is 0 Å². The summed E-state index contributed by atoms with van der Waals surface area (Å²) in [4.78, 5) is 27.3. The number of fused-ring (bicyclic) bond motifs is 1. The van der Waals surface area contributed by atoms with Crippen molar-refractivity contribution in [3.63, 3.8) is 0 Å². The predicted octanol–water partition coefficient (Wildman–Crippen LogP) is 0.701. The average Bonchev–Trinajstić information content (AvgIpc) is 3.05. The summed E-state index contributed by atoms with van der Waals surface area (Å²) in [5, 5.41) is 3.24. The van der Waals surface area contributed by atoms with Gasteiger partial charge >= 0.3 is 0 Å². The summed E-state index contributed by atoms with van der Waals surface area (Å²) in [6.45, 7) is 5.99. The SMILES string of the molecule is CCN(CC)S(=O)(=O)c1ccc(C(=O)Nc2sc3c(c2C(N)=O)CC[NH+](C)C3)cc1. The lowest BCUT2D eigenvalue weighted by atomic mass is 10.0. The summed E-state index contributed by atoms with van der Waals surface area (Å²) in [5.41, 5.74) is 7.21. The number of amides is 2. The normalized spacial score (nSPS) is 16.3. The number of nitrogens with one attached hydrogen (secondary N) is 2. The minimum Gasteiger partial charge on any atom is -0.365 e. The molecular formula is C20H27N4O4S2+. The summed E-state index contributed by atoms with van der Waals surface area (Å²) in [7, 11) is -1.51. The maximum absolute atomic E-state index is 12.8. The first-order valence-corrected chi connectivity index (χ1v) is 12.1. The number of carbonyl (C=O) groups excluding carboxylic acids is 2. The van der Waals surface area contributed by atoms with Crippen molar-refractivity contribution in [2.75, 3.05) is 32.0 Å². The Bertz CT molecular complexity index is 1060. The third-order valence-electron chi connectivity index (χ3n) is 5.29. The van der Waals surface area contributed by atoms with Gasteiger partial charge in [0, 0.05) is 25.1 Å². The van der Waals surface area contributed by atoms with Crippen LogP contribution >= 0.6 is 11.3 Å². The first kappa shape index (κ1) is 22.4. The molecule has 0 bridgehead atoms. The van der Waals surface area contributed by atoms with Crippen LogP contribution < -0.4 is 16.0 Å². The van der Waals surface area contributed by atoms with E-state index in [4.69, 9.17) is 5.73 Å². The zero-order valence-corrected chi connectivity index (χ0v) is 19.0. The molecule has 2 amide bonds. The van der Waals surface area contributed by atoms with Crippen LogP contribution in [0.1, 0.15) is 45.0 Å². The summed E-state index contributed by atoms with van der Waals surface area (Å²) in [6.07, 6.45) is 0.740. The van der Waals surface area contributed by atoms with Crippen LogP contribution in [0.4, 0.5) is 5.00 Å². The number of sulfonamides is 1. The van der Waals surface area contributed by atoms with E-state index in [1.807, 2.05) is 0 Å². The maximum atomic E-state index is 12.8. The van der Waals surface area contributed by atoms with Gasteiger partial charge in [0.25, 0.3) is 11.8 Å². The molecule has 30 heavy (non-hydrogen) atoms. The van der Waals surface area contributed by atoms with Gasteiger partial charge in [-0.3, -0.25) is 9.59 Å². The van der Waals surface area contributed by atoms with E-state index in [-0.39, 0.29) is 4.90 Å². The number of quaternary nitrogens is 1. The van der Waals surface area contributed by atoms with Crippen molar-refractivity contribution in [2.45, 2.75) is 31.7 Å². The molecule has 1 atom stereocenters. The smallest absolute Gasteiger partial charge is 0.256 e. The Morgan fingerprint density at radius 3 is 2.40 bits per heavy atom. The third kappa shape index (κ3) is 4.27. The van der Waals surface area contributed by atoms with E-state index in [2.05, 4.69) is 12.4 Å². The molecular weight excluding hydrogens is 424 g/mol. The molecule has 4 N–H and O–H groups in total. The van der Waals surface area contributed by atoms with Crippen LogP contribution in [0.3, 0.4) is 0 Å².